The maximum Gasteiger partial charge on any atom is 0.418 e. The molecule has 3 amide bonds. The molecule has 0 fully saturated rings. The first-order chi connectivity index (χ1) is 13.9. The molecule has 162 valence electrons. The average molecular weight is 435 g/mol. The van der Waals surface area contributed by atoms with Crippen molar-refractivity contribution in [2.45, 2.75) is 25.4 Å². The van der Waals surface area contributed by atoms with Gasteiger partial charge in [-0.25, -0.2) is 10.2 Å². The van der Waals surface area contributed by atoms with Gasteiger partial charge >= 0.3 is 18.4 Å². The second kappa shape index (κ2) is 8.93. The van der Waals surface area contributed by atoms with E-state index in [0.717, 1.165) is 30.3 Å². The minimum Gasteiger partial charge on any atom is -0.481 e. The zero-order valence-electron chi connectivity index (χ0n) is 15.2. The van der Waals surface area contributed by atoms with Gasteiger partial charge in [0.05, 0.1) is 16.8 Å². The van der Waals surface area contributed by atoms with E-state index in [2.05, 4.69) is 0 Å². The molecular weight excluding hydrogens is 420 g/mol. The van der Waals surface area contributed by atoms with Gasteiger partial charge in [-0.1, -0.05) is 18.2 Å². The van der Waals surface area contributed by atoms with E-state index in [-0.39, 0.29) is 5.75 Å². The number of hydrazine groups is 1. The Morgan fingerprint density at radius 1 is 0.900 bits per heavy atom. The summed E-state index contributed by atoms with van der Waals surface area (Å²) in [6, 6.07) is 6.82. The Morgan fingerprint density at radius 2 is 1.57 bits per heavy atom. The lowest BCUT2D eigenvalue weighted by Gasteiger charge is -2.17. The highest BCUT2D eigenvalue weighted by atomic mass is 19.4. The van der Waals surface area contributed by atoms with Crippen LogP contribution in [0.4, 0.5) is 36.8 Å². The summed E-state index contributed by atoms with van der Waals surface area (Å²) in [5.41, 5.74) is 1.13. The summed E-state index contributed by atoms with van der Waals surface area (Å²) >= 11 is 0. The number of amides is 3. The lowest BCUT2D eigenvalue weighted by atomic mass is 10.1. The smallest absolute Gasteiger partial charge is 0.418 e. The van der Waals surface area contributed by atoms with Crippen molar-refractivity contribution in [3.63, 3.8) is 0 Å². The van der Waals surface area contributed by atoms with Gasteiger partial charge in [0.15, 0.2) is 6.10 Å². The third-order valence-corrected chi connectivity index (χ3v) is 3.62. The Bertz CT molecular complexity index is 915. The Kier molecular flexibility index (Phi) is 6.80. The van der Waals surface area contributed by atoms with E-state index in [4.69, 9.17) is 4.74 Å². The maximum atomic E-state index is 12.9. The minimum atomic E-state index is -4.71. The van der Waals surface area contributed by atoms with Crippen LogP contribution in [-0.2, 0) is 17.1 Å². The molecule has 0 aromatic heterocycles. The Hall–Kier alpha value is -3.44. The van der Waals surface area contributed by atoms with E-state index in [9.17, 15) is 35.9 Å². The molecule has 2 aromatic carbocycles. The van der Waals surface area contributed by atoms with Crippen LogP contribution in [0, 0.1) is 0 Å². The van der Waals surface area contributed by atoms with Gasteiger partial charge in [-0.15, -0.1) is 0 Å². The fraction of sp³-hybridized carbons (Fsp3) is 0.222. The van der Waals surface area contributed by atoms with Crippen molar-refractivity contribution in [1.82, 2.24) is 10.9 Å². The summed E-state index contributed by atoms with van der Waals surface area (Å²) in [4.78, 5) is 23.7. The number of alkyl halides is 6. The van der Waals surface area contributed by atoms with E-state index in [1.165, 1.54) is 19.1 Å². The zero-order chi connectivity index (χ0) is 22.5. The molecule has 0 aliphatic carbocycles. The summed E-state index contributed by atoms with van der Waals surface area (Å²) in [6.07, 6.45) is -10.6. The zero-order valence-corrected chi connectivity index (χ0v) is 15.2. The predicted octanol–water partition coefficient (Wildman–Crippen LogP) is 4.34. The van der Waals surface area contributed by atoms with Crippen LogP contribution in [-0.4, -0.2) is 18.0 Å². The third-order valence-electron chi connectivity index (χ3n) is 3.62. The minimum absolute atomic E-state index is 0.240. The number of carbonyl (C=O) groups excluding carboxylic acids is 2. The van der Waals surface area contributed by atoms with Gasteiger partial charge in [0.2, 0.25) is 0 Å². The molecule has 0 heterocycles. The van der Waals surface area contributed by atoms with Crippen LogP contribution in [0.1, 0.15) is 18.1 Å². The number of ether oxygens (including phenoxy) is 1. The maximum absolute atomic E-state index is 12.9. The first-order valence-electron chi connectivity index (χ1n) is 8.25. The average Bonchev–Trinajstić information content (AvgIpc) is 2.65. The summed E-state index contributed by atoms with van der Waals surface area (Å²) in [7, 11) is 0. The van der Waals surface area contributed by atoms with Crippen LogP contribution in [0.5, 0.6) is 5.75 Å². The van der Waals surface area contributed by atoms with Crippen LogP contribution < -0.4 is 20.9 Å². The normalized spacial score (nSPS) is 12.6. The molecule has 0 aliphatic heterocycles. The summed E-state index contributed by atoms with van der Waals surface area (Å²) in [5, 5.41) is 1.93. The number of hydrogen-bond donors (Lipinski definition) is 3. The van der Waals surface area contributed by atoms with Gasteiger partial charge < -0.3 is 10.1 Å². The standard InChI is InChI=1S/C18H15F6N3O3/c1-10(30-12-6-4-5-11(9-12)17(19,20)21)15(28)26-27-16(29)25-14-8-3-2-7-13(14)18(22,23)24/h2-10H,1H3,(H,26,28)(H2,25,27,29)/t10-/m1/s1. The van der Waals surface area contributed by atoms with Crippen LogP contribution in [0.2, 0.25) is 0 Å². The second-order valence-electron chi connectivity index (χ2n) is 5.90. The third kappa shape index (κ3) is 6.29. The Morgan fingerprint density at radius 3 is 2.20 bits per heavy atom. The number of carbonyl (C=O) groups is 2. The number of rotatable bonds is 4. The SMILES string of the molecule is C[C@@H](Oc1cccc(C(F)(F)F)c1)C(=O)NNC(=O)Nc1ccccc1C(F)(F)F. The van der Waals surface area contributed by atoms with Gasteiger partial charge in [-0.3, -0.25) is 10.2 Å². The van der Waals surface area contributed by atoms with Crippen molar-refractivity contribution in [3.05, 3.63) is 59.7 Å². The van der Waals surface area contributed by atoms with Crippen molar-refractivity contribution >= 4 is 17.6 Å². The highest BCUT2D eigenvalue weighted by molar-refractivity contribution is 5.92. The second-order valence-corrected chi connectivity index (χ2v) is 5.90. The van der Waals surface area contributed by atoms with Crippen molar-refractivity contribution in [2.24, 2.45) is 0 Å². The molecule has 30 heavy (non-hydrogen) atoms. The van der Waals surface area contributed by atoms with Crippen molar-refractivity contribution in [1.29, 1.82) is 0 Å². The number of nitrogens with one attached hydrogen (secondary N) is 3. The van der Waals surface area contributed by atoms with Gasteiger partial charge in [-0.05, 0) is 37.3 Å². The number of hydrogen-bond acceptors (Lipinski definition) is 3. The molecule has 12 heteroatoms. The van der Waals surface area contributed by atoms with Crippen LogP contribution >= 0.6 is 0 Å². The summed E-state index contributed by atoms with van der Waals surface area (Å²) in [6.45, 7) is 1.20. The molecule has 2 aromatic rings. The van der Waals surface area contributed by atoms with E-state index in [1.54, 1.807) is 0 Å². The van der Waals surface area contributed by atoms with E-state index >= 15 is 0 Å². The topological polar surface area (TPSA) is 79.5 Å². The monoisotopic (exact) mass is 435 g/mol. The highest BCUT2D eigenvalue weighted by Gasteiger charge is 2.33. The summed E-state index contributed by atoms with van der Waals surface area (Å²) < 4.78 is 81.9. The van der Waals surface area contributed by atoms with E-state index in [0.29, 0.717) is 6.07 Å². The Balaban J connectivity index is 1.92. The number of halogens is 6. The number of urea groups is 1. The molecule has 0 unspecified atom stereocenters. The first-order valence-corrected chi connectivity index (χ1v) is 8.25. The van der Waals surface area contributed by atoms with Crippen LogP contribution in [0.3, 0.4) is 0 Å². The van der Waals surface area contributed by atoms with Crippen LogP contribution in [0.25, 0.3) is 0 Å². The quantitative estimate of drug-likeness (QED) is 0.494. The first kappa shape index (κ1) is 22.8. The van der Waals surface area contributed by atoms with E-state index < -0.39 is 47.2 Å². The summed E-state index contributed by atoms with van der Waals surface area (Å²) in [5.74, 6) is -1.19. The van der Waals surface area contributed by atoms with Crippen molar-refractivity contribution in [2.75, 3.05) is 5.32 Å². The molecule has 1 atom stereocenters. The molecule has 3 N–H and O–H groups in total. The number of anilines is 1. The molecular formula is C18H15F6N3O3. The molecule has 0 spiro atoms. The fourth-order valence-electron chi connectivity index (χ4n) is 2.22. The largest absolute Gasteiger partial charge is 0.481 e. The highest BCUT2D eigenvalue weighted by Crippen LogP contribution is 2.34. The molecule has 0 radical (unpaired) electrons. The molecule has 2 rings (SSSR count). The predicted molar refractivity (Wildman–Crippen MR) is 93.3 cm³/mol. The van der Waals surface area contributed by atoms with Crippen LogP contribution in [0.15, 0.2) is 48.5 Å². The van der Waals surface area contributed by atoms with Gasteiger partial charge in [0.25, 0.3) is 5.91 Å². The lowest BCUT2D eigenvalue weighted by Crippen LogP contribution is -2.48. The fourth-order valence-corrected chi connectivity index (χ4v) is 2.22. The lowest BCUT2D eigenvalue weighted by molar-refractivity contribution is -0.138. The van der Waals surface area contributed by atoms with Gasteiger partial charge in [0, 0.05) is 0 Å². The molecule has 6 nitrogen and oxygen atoms in total. The van der Waals surface area contributed by atoms with E-state index in [1.807, 2.05) is 16.2 Å². The van der Waals surface area contributed by atoms with Crippen molar-refractivity contribution < 1.29 is 40.7 Å². The molecule has 0 bridgehead atoms. The number of benzene rings is 2. The molecule has 0 saturated carbocycles. The van der Waals surface area contributed by atoms with Gasteiger partial charge in [-0.2, -0.15) is 26.3 Å². The molecule has 0 saturated heterocycles. The van der Waals surface area contributed by atoms with Gasteiger partial charge in [0.1, 0.15) is 5.75 Å². The number of para-hydroxylation sites is 1. The van der Waals surface area contributed by atoms with Crippen molar-refractivity contribution in [3.8, 4) is 5.75 Å². The Labute approximate surface area is 166 Å². The molecule has 0 aliphatic rings.